The molecular formula is C14H23NO5. The Labute approximate surface area is 119 Å². The minimum atomic E-state index is -1.49. The van der Waals surface area contributed by atoms with Gasteiger partial charge in [-0.05, 0) is 33.1 Å². The molecule has 1 aliphatic heterocycles. The summed E-state index contributed by atoms with van der Waals surface area (Å²) in [5.74, 6) is -1.97. The molecule has 114 valence electrons. The number of ether oxygens (including phenoxy) is 1. The van der Waals surface area contributed by atoms with Crippen molar-refractivity contribution < 1.29 is 24.2 Å². The van der Waals surface area contributed by atoms with Gasteiger partial charge in [-0.25, -0.2) is 14.5 Å². The summed E-state index contributed by atoms with van der Waals surface area (Å²) in [5, 5.41) is 9.60. The van der Waals surface area contributed by atoms with E-state index >= 15 is 0 Å². The van der Waals surface area contributed by atoms with E-state index in [9.17, 15) is 19.5 Å². The van der Waals surface area contributed by atoms with E-state index in [0.29, 0.717) is 6.42 Å². The van der Waals surface area contributed by atoms with Crippen molar-refractivity contribution in [3.05, 3.63) is 0 Å². The van der Waals surface area contributed by atoms with Crippen LogP contribution >= 0.6 is 0 Å². The lowest BCUT2D eigenvalue weighted by Gasteiger charge is -2.38. The van der Waals surface area contributed by atoms with Crippen LogP contribution in [-0.2, 0) is 14.3 Å². The van der Waals surface area contributed by atoms with Gasteiger partial charge in [0.05, 0.1) is 0 Å². The van der Waals surface area contributed by atoms with E-state index in [0.717, 1.165) is 4.90 Å². The molecule has 2 atom stereocenters. The number of nitrogens with zero attached hydrogens (tertiary/aromatic N) is 1. The number of carbonyl (C=O) groups is 3. The van der Waals surface area contributed by atoms with Crippen LogP contribution in [0.4, 0.5) is 4.79 Å². The normalized spacial score (nSPS) is 24.6. The van der Waals surface area contributed by atoms with Gasteiger partial charge >= 0.3 is 12.1 Å². The largest absolute Gasteiger partial charge is 0.479 e. The molecule has 0 aromatic carbocycles. The summed E-state index contributed by atoms with van der Waals surface area (Å²) in [4.78, 5) is 36.8. The van der Waals surface area contributed by atoms with Crippen molar-refractivity contribution in [1.29, 1.82) is 0 Å². The molecule has 1 N–H and O–H groups in total. The Balaban J connectivity index is 3.20. The summed E-state index contributed by atoms with van der Waals surface area (Å²) in [6.45, 7) is 8.61. The van der Waals surface area contributed by atoms with Gasteiger partial charge in [-0.3, -0.25) is 4.79 Å². The average Bonchev–Trinajstić information content (AvgIpc) is 2.64. The van der Waals surface area contributed by atoms with Crippen molar-refractivity contribution in [2.75, 3.05) is 0 Å². The van der Waals surface area contributed by atoms with Gasteiger partial charge in [0, 0.05) is 6.42 Å². The van der Waals surface area contributed by atoms with Gasteiger partial charge in [-0.2, -0.15) is 0 Å². The molecule has 0 aliphatic carbocycles. The summed E-state index contributed by atoms with van der Waals surface area (Å²) in [6.07, 6.45) is -0.132. The third-order valence-corrected chi connectivity index (χ3v) is 3.74. The Morgan fingerprint density at radius 1 is 1.45 bits per heavy atom. The molecule has 0 aromatic heterocycles. The highest BCUT2D eigenvalue weighted by Crippen LogP contribution is 2.39. The van der Waals surface area contributed by atoms with Gasteiger partial charge in [-0.1, -0.05) is 20.3 Å². The summed E-state index contributed by atoms with van der Waals surface area (Å²) >= 11 is 0. The number of hydrogen-bond donors (Lipinski definition) is 1. The first kappa shape index (κ1) is 16.5. The quantitative estimate of drug-likeness (QED) is 0.860. The molecule has 20 heavy (non-hydrogen) atoms. The number of likely N-dealkylation sites (tertiary alicyclic amines) is 1. The fraction of sp³-hybridized carbons (Fsp3) is 0.786. The zero-order valence-electron chi connectivity index (χ0n) is 12.7. The van der Waals surface area contributed by atoms with Gasteiger partial charge in [0.25, 0.3) is 0 Å². The van der Waals surface area contributed by atoms with E-state index in [1.807, 2.05) is 6.92 Å². The van der Waals surface area contributed by atoms with Gasteiger partial charge < -0.3 is 9.84 Å². The minimum Gasteiger partial charge on any atom is -0.479 e. The number of carboxylic acids is 1. The first-order chi connectivity index (χ1) is 9.06. The zero-order chi connectivity index (χ0) is 15.7. The van der Waals surface area contributed by atoms with E-state index in [4.69, 9.17) is 4.74 Å². The predicted molar refractivity (Wildman–Crippen MR) is 72.1 cm³/mol. The van der Waals surface area contributed by atoms with Crippen molar-refractivity contribution in [3.63, 3.8) is 0 Å². The summed E-state index contributed by atoms with van der Waals surface area (Å²) in [7, 11) is 0. The van der Waals surface area contributed by atoms with Crippen LogP contribution in [0.2, 0.25) is 0 Å². The van der Waals surface area contributed by atoms with Crippen molar-refractivity contribution in [3.8, 4) is 0 Å². The highest BCUT2D eigenvalue weighted by molar-refractivity contribution is 6.01. The third kappa shape index (κ3) is 2.78. The van der Waals surface area contributed by atoms with Crippen molar-refractivity contribution in [2.45, 2.75) is 65.0 Å². The smallest absolute Gasteiger partial charge is 0.418 e. The van der Waals surface area contributed by atoms with Crippen LogP contribution in [0.5, 0.6) is 0 Å². The van der Waals surface area contributed by atoms with Gasteiger partial charge in [0.2, 0.25) is 5.91 Å². The number of rotatable bonds is 3. The van der Waals surface area contributed by atoms with Crippen molar-refractivity contribution in [2.24, 2.45) is 5.92 Å². The van der Waals surface area contributed by atoms with Gasteiger partial charge in [0.1, 0.15) is 5.60 Å². The van der Waals surface area contributed by atoms with Crippen LogP contribution in [0.1, 0.15) is 53.9 Å². The molecule has 6 heteroatoms. The first-order valence-electron chi connectivity index (χ1n) is 6.85. The topological polar surface area (TPSA) is 83.9 Å². The fourth-order valence-electron chi connectivity index (χ4n) is 2.53. The highest BCUT2D eigenvalue weighted by Gasteiger charge is 2.58. The number of carbonyl (C=O) groups excluding carboxylic acids is 2. The van der Waals surface area contributed by atoms with Crippen LogP contribution in [-0.4, -0.2) is 39.1 Å². The number of amides is 2. The van der Waals surface area contributed by atoms with Crippen molar-refractivity contribution >= 4 is 18.0 Å². The number of carboxylic acid groups (broad SMARTS) is 1. The lowest BCUT2D eigenvalue weighted by molar-refractivity contribution is -0.157. The lowest BCUT2D eigenvalue weighted by atomic mass is 9.81. The molecule has 1 aliphatic rings. The number of hydrogen-bond acceptors (Lipinski definition) is 4. The Hall–Kier alpha value is -1.59. The Morgan fingerprint density at radius 2 is 2.00 bits per heavy atom. The molecule has 0 radical (unpaired) electrons. The Kier molecular flexibility index (Phi) is 4.46. The number of imide groups is 1. The van der Waals surface area contributed by atoms with E-state index in [2.05, 4.69) is 0 Å². The molecule has 1 unspecified atom stereocenters. The molecular weight excluding hydrogens is 262 g/mol. The van der Waals surface area contributed by atoms with Crippen LogP contribution < -0.4 is 0 Å². The third-order valence-electron chi connectivity index (χ3n) is 3.74. The molecule has 1 heterocycles. The van der Waals surface area contributed by atoms with Crippen LogP contribution in [0.15, 0.2) is 0 Å². The van der Waals surface area contributed by atoms with Gasteiger partial charge in [-0.15, -0.1) is 0 Å². The zero-order valence-corrected chi connectivity index (χ0v) is 12.7. The molecule has 1 fully saturated rings. The molecule has 1 rings (SSSR count). The Morgan fingerprint density at radius 3 is 2.40 bits per heavy atom. The fourth-order valence-corrected chi connectivity index (χ4v) is 2.53. The molecule has 0 aromatic rings. The van der Waals surface area contributed by atoms with E-state index in [1.54, 1.807) is 27.7 Å². The Bertz CT molecular complexity index is 426. The second-order valence-corrected chi connectivity index (χ2v) is 6.25. The second kappa shape index (κ2) is 5.42. The second-order valence-electron chi connectivity index (χ2n) is 6.25. The molecule has 0 saturated carbocycles. The highest BCUT2D eigenvalue weighted by atomic mass is 16.6. The molecule has 0 spiro atoms. The summed E-state index contributed by atoms with van der Waals surface area (Å²) in [6, 6.07) is 0. The van der Waals surface area contributed by atoms with Crippen molar-refractivity contribution in [1.82, 2.24) is 4.90 Å². The van der Waals surface area contributed by atoms with E-state index < -0.39 is 29.1 Å². The molecule has 1 saturated heterocycles. The maximum absolute atomic E-state index is 12.2. The first-order valence-corrected chi connectivity index (χ1v) is 6.85. The summed E-state index contributed by atoms with van der Waals surface area (Å²) < 4.78 is 5.19. The van der Waals surface area contributed by atoms with Crippen LogP contribution in [0.25, 0.3) is 0 Å². The molecule has 2 amide bonds. The van der Waals surface area contributed by atoms with Crippen LogP contribution in [0, 0.1) is 5.92 Å². The maximum atomic E-state index is 12.2. The molecule has 0 bridgehead atoms. The monoisotopic (exact) mass is 285 g/mol. The van der Waals surface area contributed by atoms with E-state index in [1.165, 1.54) is 0 Å². The van der Waals surface area contributed by atoms with Crippen LogP contribution in [0.3, 0.4) is 0 Å². The lowest BCUT2D eigenvalue weighted by Crippen LogP contribution is -2.59. The minimum absolute atomic E-state index is 0.0515. The summed E-state index contributed by atoms with van der Waals surface area (Å²) in [5.41, 5.74) is -2.27. The maximum Gasteiger partial charge on any atom is 0.418 e. The molecule has 6 nitrogen and oxygen atoms in total. The average molecular weight is 285 g/mol. The predicted octanol–water partition coefficient (Wildman–Crippen LogP) is 2.41. The van der Waals surface area contributed by atoms with E-state index in [-0.39, 0.29) is 18.8 Å². The SMILES string of the molecule is CCC(C)[C@@]1(C(=O)O)CCC(=O)N1C(=O)OC(C)(C)C. The number of aliphatic carboxylic acids is 1. The van der Waals surface area contributed by atoms with Gasteiger partial charge in [0.15, 0.2) is 5.54 Å². The standard InChI is InChI=1S/C14H23NO5/c1-6-9(2)14(11(17)18)8-7-10(16)15(14)12(19)20-13(3,4)5/h9H,6-8H2,1-5H3,(H,17,18)/t9?,14-/m1/s1.